The van der Waals surface area contributed by atoms with Crippen molar-refractivity contribution in [2.45, 2.75) is 0 Å². The second-order valence-electron chi connectivity index (χ2n) is 14.1. The van der Waals surface area contributed by atoms with Crippen molar-refractivity contribution < 1.29 is 0 Å². The number of hydrogen-bond acceptors (Lipinski definition) is 1. The summed E-state index contributed by atoms with van der Waals surface area (Å²) < 4.78 is 2.45. The number of fused-ring (bicyclic) bond motifs is 3. The molecule has 0 bridgehead atoms. The van der Waals surface area contributed by atoms with Crippen LogP contribution in [0.5, 0.6) is 0 Å². The summed E-state index contributed by atoms with van der Waals surface area (Å²) in [4.78, 5) is 2.43. The van der Waals surface area contributed by atoms with Crippen LogP contribution in [0.2, 0.25) is 0 Å². The van der Waals surface area contributed by atoms with Crippen LogP contribution in [0.15, 0.2) is 231 Å². The Hall–Kier alpha value is -7.42. The summed E-state index contributed by atoms with van der Waals surface area (Å²) in [6, 6.07) is 83.1. The van der Waals surface area contributed by atoms with Crippen LogP contribution in [0.25, 0.3) is 72.0 Å². The molecule has 10 rings (SSSR count). The van der Waals surface area contributed by atoms with Gasteiger partial charge >= 0.3 is 0 Å². The summed E-state index contributed by atoms with van der Waals surface area (Å²) in [6.07, 6.45) is 0. The molecule has 0 aliphatic rings. The molecular weight excluding hydrogens is 677 g/mol. The normalized spacial score (nSPS) is 11.2. The van der Waals surface area contributed by atoms with Gasteiger partial charge in [0.25, 0.3) is 0 Å². The zero-order valence-corrected chi connectivity index (χ0v) is 30.8. The predicted molar refractivity (Wildman–Crippen MR) is 237 cm³/mol. The van der Waals surface area contributed by atoms with Gasteiger partial charge in [-0.15, -0.1) is 0 Å². The first-order valence-electron chi connectivity index (χ1n) is 19.2. The van der Waals surface area contributed by atoms with Crippen molar-refractivity contribution in [3.8, 4) is 50.2 Å². The van der Waals surface area contributed by atoms with Gasteiger partial charge in [-0.2, -0.15) is 0 Å². The Morgan fingerprint density at radius 3 is 1.48 bits per heavy atom. The van der Waals surface area contributed by atoms with Gasteiger partial charge in [0, 0.05) is 33.3 Å². The van der Waals surface area contributed by atoms with Gasteiger partial charge in [-0.25, -0.2) is 0 Å². The third kappa shape index (κ3) is 5.95. The van der Waals surface area contributed by atoms with Gasteiger partial charge in [-0.1, -0.05) is 188 Å². The molecule has 9 aromatic carbocycles. The first kappa shape index (κ1) is 33.2. The zero-order valence-electron chi connectivity index (χ0n) is 30.8. The Morgan fingerprint density at radius 2 is 0.768 bits per heavy atom. The number of benzene rings is 9. The number of aromatic nitrogens is 1. The van der Waals surface area contributed by atoms with Gasteiger partial charge in [-0.3, -0.25) is 0 Å². The van der Waals surface area contributed by atoms with E-state index in [0.717, 1.165) is 33.8 Å². The van der Waals surface area contributed by atoms with Crippen molar-refractivity contribution in [1.82, 2.24) is 4.57 Å². The lowest BCUT2D eigenvalue weighted by Gasteiger charge is -2.29. The summed E-state index contributed by atoms with van der Waals surface area (Å²) in [5.41, 5.74) is 16.3. The first-order chi connectivity index (χ1) is 27.8. The van der Waals surface area contributed by atoms with Crippen molar-refractivity contribution >= 4 is 38.9 Å². The fourth-order valence-electron chi connectivity index (χ4n) is 8.23. The van der Waals surface area contributed by atoms with E-state index in [-0.39, 0.29) is 0 Å². The third-order valence-electron chi connectivity index (χ3n) is 10.8. The van der Waals surface area contributed by atoms with Crippen LogP contribution in [0.3, 0.4) is 0 Å². The molecule has 0 N–H and O–H groups in total. The number of rotatable bonds is 8. The van der Waals surface area contributed by atoms with E-state index >= 15 is 0 Å². The van der Waals surface area contributed by atoms with Crippen LogP contribution in [-0.4, -0.2) is 4.57 Å². The topological polar surface area (TPSA) is 8.17 Å². The Balaban J connectivity index is 1.22. The van der Waals surface area contributed by atoms with Crippen molar-refractivity contribution in [2.75, 3.05) is 4.90 Å². The maximum absolute atomic E-state index is 2.45. The van der Waals surface area contributed by atoms with E-state index in [9.17, 15) is 0 Å². The van der Waals surface area contributed by atoms with Gasteiger partial charge < -0.3 is 9.47 Å². The van der Waals surface area contributed by atoms with Crippen molar-refractivity contribution in [3.63, 3.8) is 0 Å². The van der Waals surface area contributed by atoms with Crippen LogP contribution >= 0.6 is 0 Å². The monoisotopic (exact) mass is 714 g/mol. The summed E-state index contributed by atoms with van der Waals surface area (Å²) in [7, 11) is 0. The third-order valence-corrected chi connectivity index (χ3v) is 10.8. The molecule has 0 saturated heterocycles. The molecule has 0 atom stereocenters. The Kier molecular flexibility index (Phi) is 8.55. The molecule has 264 valence electrons. The minimum Gasteiger partial charge on any atom is -0.310 e. The molecule has 0 amide bonds. The summed E-state index contributed by atoms with van der Waals surface area (Å²) in [6.45, 7) is 0. The molecule has 10 aromatic rings. The van der Waals surface area contributed by atoms with E-state index in [1.165, 1.54) is 55.2 Å². The Bertz CT molecular complexity index is 2940. The molecule has 1 aromatic heterocycles. The molecule has 0 aliphatic carbocycles. The van der Waals surface area contributed by atoms with Crippen molar-refractivity contribution in [2.24, 2.45) is 0 Å². The Labute approximate surface area is 327 Å². The number of para-hydroxylation sites is 3. The smallest absolute Gasteiger partial charge is 0.0562 e. The average Bonchev–Trinajstić information content (AvgIpc) is 3.61. The van der Waals surface area contributed by atoms with Crippen LogP contribution in [-0.2, 0) is 0 Å². The number of anilines is 3. The van der Waals surface area contributed by atoms with E-state index in [4.69, 9.17) is 0 Å². The first-order valence-corrected chi connectivity index (χ1v) is 19.2. The van der Waals surface area contributed by atoms with Crippen LogP contribution < -0.4 is 4.90 Å². The molecule has 0 fully saturated rings. The highest BCUT2D eigenvalue weighted by Crippen LogP contribution is 2.46. The number of nitrogens with zero attached hydrogens (tertiary/aromatic N) is 2. The van der Waals surface area contributed by atoms with E-state index in [1.807, 2.05) is 0 Å². The van der Waals surface area contributed by atoms with E-state index in [1.54, 1.807) is 0 Å². The van der Waals surface area contributed by atoms with Gasteiger partial charge in [0.2, 0.25) is 0 Å². The molecule has 0 radical (unpaired) electrons. The van der Waals surface area contributed by atoms with E-state index < -0.39 is 0 Å². The van der Waals surface area contributed by atoms with Gasteiger partial charge in [0.1, 0.15) is 0 Å². The largest absolute Gasteiger partial charge is 0.310 e. The van der Waals surface area contributed by atoms with E-state index in [0.29, 0.717) is 0 Å². The lowest BCUT2D eigenvalue weighted by atomic mass is 9.93. The molecule has 0 aliphatic heterocycles. The van der Waals surface area contributed by atoms with Crippen molar-refractivity contribution in [1.29, 1.82) is 0 Å². The fourth-order valence-corrected chi connectivity index (χ4v) is 8.23. The maximum Gasteiger partial charge on any atom is 0.0562 e. The lowest BCUT2D eigenvalue weighted by molar-refractivity contribution is 1.18. The molecule has 0 unspecified atom stereocenters. The molecular formula is C54H38N2. The SMILES string of the molecule is c1ccc(-c2ccc(N(c3ccc4c5ccccc5n(-c5ccccc5-c5ccccc5)c4c3)c3ccccc3-c3ccccc3-c3ccccc3)cc2)cc1. The van der Waals surface area contributed by atoms with Crippen LogP contribution in [0.1, 0.15) is 0 Å². The van der Waals surface area contributed by atoms with Gasteiger partial charge in [0.05, 0.1) is 22.4 Å². The highest BCUT2D eigenvalue weighted by Gasteiger charge is 2.22. The molecule has 2 heteroatoms. The van der Waals surface area contributed by atoms with Crippen LogP contribution in [0.4, 0.5) is 17.1 Å². The highest BCUT2D eigenvalue weighted by molar-refractivity contribution is 6.11. The van der Waals surface area contributed by atoms with Crippen LogP contribution in [0, 0.1) is 0 Å². The minimum absolute atomic E-state index is 1.08. The van der Waals surface area contributed by atoms with E-state index in [2.05, 4.69) is 240 Å². The summed E-state index contributed by atoms with van der Waals surface area (Å²) in [5, 5.41) is 2.45. The lowest BCUT2D eigenvalue weighted by Crippen LogP contribution is -2.11. The molecule has 0 spiro atoms. The minimum atomic E-state index is 1.08. The molecule has 1 heterocycles. The highest BCUT2D eigenvalue weighted by atomic mass is 15.1. The zero-order chi connectivity index (χ0) is 37.3. The second-order valence-corrected chi connectivity index (χ2v) is 14.1. The average molecular weight is 715 g/mol. The van der Waals surface area contributed by atoms with Crippen molar-refractivity contribution in [3.05, 3.63) is 231 Å². The second kappa shape index (κ2) is 14.4. The molecule has 56 heavy (non-hydrogen) atoms. The number of hydrogen-bond donors (Lipinski definition) is 0. The molecule has 0 saturated carbocycles. The Morgan fingerprint density at radius 1 is 0.286 bits per heavy atom. The van der Waals surface area contributed by atoms with Gasteiger partial charge in [0.15, 0.2) is 0 Å². The summed E-state index contributed by atoms with van der Waals surface area (Å²) >= 11 is 0. The predicted octanol–water partition coefficient (Wildman–Crippen LogP) is 14.9. The van der Waals surface area contributed by atoms with Gasteiger partial charge in [-0.05, 0) is 75.8 Å². The fraction of sp³-hybridized carbons (Fsp3) is 0. The maximum atomic E-state index is 2.45. The quantitative estimate of drug-likeness (QED) is 0.152. The standard InChI is InChI=1S/C54H38N2/c1-4-18-39(19-5-1)40-32-34-43(35-33-40)55(52-30-16-13-27-48(52)47-26-11-10-24-45(47)41-20-6-2-7-21-41)44-36-37-50-49-28-14-17-31-53(49)56(54(50)38-44)51-29-15-12-25-46(51)42-22-8-3-9-23-42/h1-38H. The summed E-state index contributed by atoms with van der Waals surface area (Å²) in [5.74, 6) is 0. The molecule has 2 nitrogen and oxygen atoms in total.